The van der Waals surface area contributed by atoms with Crippen molar-refractivity contribution in [2.45, 2.75) is 51.6 Å². The van der Waals surface area contributed by atoms with Crippen LogP contribution in [0.2, 0.25) is 5.15 Å². The molecule has 0 unspecified atom stereocenters. The average Bonchev–Trinajstić information content (AvgIpc) is 2.29. The van der Waals surface area contributed by atoms with Crippen molar-refractivity contribution in [3.63, 3.8) is 0 Å². The first-order valence-electron chi connectivity index (χ1n) is 6.27. The predicted molar refractivity (Wildman–Crippen MR) is 79.9 cm³/mol. The van der Waals surface area contributed by atoms with Crippen LogP contribution in [-0.2, 0) is 4.79 Å². The third kappa shape index (κ3) is 4.99. The van der Waals surface area contributed by atoms with E-state index in [4.69, 9.17) is 11.6 Å². The minimum Gasteiger partial charge on any atom is -0.353 e. The Labute approximate surface area is 123 Å². The summed E-state index contributed by atoms with van der Waals surface area (Å²) in [6, 6.07) is 0.148. The zero-order valence-corrected chi connectivity index (χ0v) is 13.5. The van der Waals surface area contributed by atoms with Gasteiger partial charge in [-0.3, -0.25) is 4.79 Å². The summed E-state index contributed by atoms with van der Waals surface area (Å²) in [6.07, 6.45) is 0. The fourth-order valence-electron chi connectivity index (χ4n) is 1.38. The zero-order chi connectivity index (χ0) is 14.6. The van der Waals surface area contributed by atoms with E-state index in [-0.39, 0.29) is 17.9 Å². The van der Waals surface area contributed by atoms with E-state index in [0.29, 0.717) is 16.7 Å². The van der Waals surface area contributed by atoms with Gasteiger partial charge in [0.25, 0.3) is 0 Å². The Morgan fingerprint density at radius 2 is 1.95 bits per heavy atom. The molecule has 1 amide bonds. The third-order valence-electron chi connectivity index (χ3n) is 2.37. The molecule has 1 aromatic rings. The summed E-state index contributed by atoms with van der Waals surface area (Å²) in [6.45, 7) is 9.77. The van der Waals surface area contributed by atoms with Crippen LogP contribution in [-0.4, -0.2) is 27.7 Å². The molecule has 0 fully saturated rings. The van der Waals surface area contributed by atoms with Crippen LogP contribution in [0, 0.1) is 6.92 Å². The van der Waals surface area contributed by atoms with Gasteiger partial charge in [-0.05, 0) is 20.8 Å². The number of hydrogen-bond donors (Lipinski definition) is 1. The van der Waals surface area contributed by atoms with Gasteiger partial charge >= 0.3 is 0 Å². The topological polar surface area (TPSA) is 54.9 Å². The SMILES string of the molecule is Cc1c(Cl)nc(C(C)C)nc1SCC(=O)NC(C)C. The summed E-state index contributed by atoms with van der Waals surface area (Å²) in [5.41, 5.74) is 0.827. The van der Waals surface area contributed by atoms with E-state index in [9.17, 15) is 4.79 Å². The maximum atomic E-state index is 11.6. The summed E-state index contributed by atoms with van der Waals surface area (Å²) in [5, 5.41) is 4.09. The molecular formula is C13H20ClN3OS. The number of nitrogens with zero attached hydrogens (tertiary/aromatic N) is 2. The van der Waals surface area contributed by atoms with Gasteiger partial charge in [-0.25, -0.2) is 9.97 Å². The molecule has 19 heavy (non-hydrogen) atoms. The Morgan fingerprint density at radius 3 is 2.47 bits per heavy atom. The standard InChI is InChI=1S/C13H20ClN3OS/c1-7(2)12-16-11(14)9(5)13(17-12)19-6-10(18)15-8(3)4/h7-8H,6H2,1-5H3,(H,15,18). The van der Waals surface area contributed by atoms with Crippen LogP contribution in [0.15, 0.2) is 5.03 Å². The van der Waals surface area contributed by atoms with Crippen LogP contribution in [0.1, 0.15) is 45.0 Å². The highest BCUT2D eigenvalue weighted by Crippen LogP contribution is 2.26. The molecule has 0 bridgehead atoms. The number of nitrogens with one attached hydrogen (secondary N) is 1. The van der Waals surface area contributed by atoms with Gasteiger partial charge in [0.05, 0.1) is 5.75 Å². The van der Waals surface area contributed by atoms with Crippen molar-refractivity contribution in [3.8, 4) is 0 Å². The minimum absolute atomic E-state index is 0.000214. The Morgan fingerprint density at radius 1 is 1.32 bits per heavy atom. The van der Waals surface area contributed by atoms with Gasteiger partial charge < -0.3 is 5.32 Å². The van der Waals surface area contributed by atoms with Gasteiger partial charge in [-0.1, -0.05) is 37.2 Å². The lowest BCUT2D eigenvalue weighted by Crippen LogP contribution is -2.31. The van der Waals surface area contributed by atoms with Crippen molar-refractivity contribution in [2.24, 2.45) is 0 Å². The van der Waals surface area contributed by atoms with Gasteiger partial charge in [0.1, 0.15) is 16.0 Å². The van der Waals surface area contributed by atoms with Crippen molar-refractivity contribution in [1.29, 1.82) is 0 Å². The number of carbonyl (C=O) groups excluding carboxylic acids is 1. The lowest BCUT2D eigenvalue weighted by atomic mass is 10.2. The summed E-state index contributed by atoms with van der Waals surface area (Å²) < 4.78 is 0. The number of amides is 1. The lowest BCUT2D eigenvalue weighted by Gasteiger charge is -2.11. The first-order valence-corrected chi connectivity index (χ1v) is 7.63. The predicted octanol–water partition coefficient (Wildman–Crippen LogP) is 3.18. The summed E-state index contributed by atoms with van der Waals surface area (Å²) in [4.78, 5) is 20.4. The fourth-order valence-corrected chi connectivity index (χ4v) is 2.44. The van der Waals surface area contributed by atoms with E-state index in [2.05, 4.69) is 15.3 Å². The van der Waals surface area contributed by atoms with Crippen LogP contribution in [0.5, 0.6) is 0 Å². The summed E-state index contributed by atoms with van der Waals surface area (Å²) in [5.74, 6) is 1.26. The minimum atomic E-state index is 0.000214. The second-order valence-electron chi connectivity index (χ2n) is 4.97. The van der Waals surface area contributed by atoms with Crippen LogP contribution in [0.3, 0.4) is 0 Å². The van der Waals surface area contributed by atoms with Crippen LogP contribution >= 0.6 is 23.4 Å². The molecule has 0 radical (unpaired) electrons. The van der Waals surface area contributed by atoms with Crippen molar-refractivity contribution in [3.05, 3.63) is 16.5 Å². The number of rotatable bonds is 5. The highest BCUT2D eigenvalue weighted by Gasteiger charge is 2.13. The summed E-state index contributed by atoms with van der Waals surface area (Å²) in [7, 11) is 0. The number of hydrogen-bond acceptors (Lipinski definition) is 4. The Kier molecular flexibility index (Phi) is 6.07. The maximum Gasteiger partial charge on any atom is 0.230 e. The highest BCUT2D eigenvalue weighted by molar-refractivity contribution is 7.99. The molecule has 0 aliphatic carbocycles. The largest absolute Gasteiger partial charge is 0.353 e. The van der Waals surface area contributed by atoms with Crippen molar-refractivity contribution in [2.75, 3.05) is 5.75 Å². The first kappa shape index (κ1) is 16.2. The number of thioether (sulfide) groups is 1. The average molecular weight is 302 g/mol. The second-order valence-corrected chi connectivity index (χ2v) is 6.29. The van der Waals surface area contributed by atoms with E-state index >= 15 is 0 Å². The lowest BCUT2D eigenvalue weighted by molar-refractivity contribution is -0.119. The Hall–Kier alpha value is -0.810. The molecule has 0 aliphatic rings. The Bertz CT molecular complexity index is 463. The summed E-state index contributed by atoms with van der Waals surface area (Å²) >= 11 is 7.49. The molecule has 1 N–H and O–H groups in total. The second kappa shape index (κ2) is 7.10. The monoisotopic (exact) mass is 301 g/mol. The number of halogens is 1. The molecule has 1 rings (SSSR count). The molecule has 4 nitrogen and oxygen atoms in total. The molecule has 0 saturated carbocycles. The quantitative estimate of drug-likeness (QED) is 0.670. The van der Waals surface area contributed by atoms with Gasteiger partial charge in [-0.2, -0.15) is 0 Å². The van der Waals surface area contributed by atoms with E-state index < -0.39 is 0 Å². The molecule has 1 aromatic heterocycles. The molecule has 0 aromatic carbocycles. The first-order chi connectivity index (χ1) is 8.81. The molecule has 0 aliphatic heterocycles. The van der Waals surface area contributed by atoms with Crippen LogP contribution in [0.25, 0.3) is 0 Å². The molecular weight excluding hydrogens is 282 g/mol. The molecule has 0 atom stereocenters. The third-order valence-corrected chi connectivity index (χ3v) is 3.81. The molecule has 0 spiro atoms. The molecule has 106 valence electrons. The van der Waals surface area contributed by atoms with E-state index in [1.165, 1.54) is 11.8 Å². The van der Waals surface area contributed by atoms with Crippen molar-refractivity contribution in [1.82, 2.24) is 15.3 Å². The Balaban J connectivity index is 2.80. The molecule has 1 heterocycles. The van der Waals surface area contributed by atoms with Crippen molar-refractivity contribution >= 4 is 29.3 Å². The van der Waals surface area contributed by atoms with E-state index in [1.54, 1.807) is 0 Å². The molecule has 0 saturated heterocycles. The van der Waals surface area contributed by atoms with E-state index in [0.717, 1.165) is 10.6 Å². The van der Waals surface area contributed by atoms with Gasteiger partial charge in [0.15, 0.2) is 0 Å². The normalized spacial score (nSPS) is 11.2. The number of carbonyl (C=O) groups is 1. The van der Waals surface area contributed by atoms with Gasteiger partial charge in [0, 0.05) is 17.5 Å². The highest BCUT2D eigenvalue weighted by atomic mass is 35.5. The van der Waals surface area contributed by atoms with Crippen LogP contribution in [0.4, 0.5) is 0 Å². The van der Waals surface area contributed by atoms with Crippen molar-refractivity contribution < 1.29 is 4.79 Å². The molecule has 6 heteroatoms. The zero-order valence-electron chi connectivity index (χ0n) is 12.0. The smallest absolute Gasteiger partial charge is 0.230 e. The fraction of sp³-hybridized carbons (Fsp3) is 0.615. The maximum absolute atomic E-state index is 11.6. The van der Waals surface area contributed by atoms with Gasteiger partial charge in [-0.15, -0.1) is 0 Å². The number of aromatic nitrogens is 2. The van der Waals surface area contributed by atoms with Crippen LogP contribution < -0.4 is 5.32 Å². The van der Waals surface area contributed by atoms with Gasteiger partial charge in [0.2, 0.25) is 5.91 Å². The van der Waals surface area contributed by atoms with E-state index in [1.807, 2.05) is 34.6 Å².